The van der Waals surface area contributed by atoms with Crippen LogP contribution in [0.4, 0.5) is 4.79 Å². The molecule has 1 aromatic heterocycles. The van der Waals surface area contributed by atoms with Crippen molar-refractivity contribution < 1.29 is 19.5 Å². The normalized spacial score (nSPS) is 11.0. The van der Waals surface area contributed by atoms with Crippen LogP contribution >= 0.6 is 11.3 Å². The van der Waals surface area contributed by atoms with E-state index in [1.165, 1.54) is 0 Å². The first-order valence-electron chi connectivity index (χ1n) is 6.14. The SMILES string of the molecule is Cc1nc(CNC(=O)NCC(C)(C)C(N)=O)sc1C(=O)O. The van der Waals surface area contributed by atoms with Crippen molar-refractivity contribution in [3.63, 3.8) is 0 Å². The zero-order valence-electron chi connectivity index (χ0n) is 12.0. The molecule has 0 aliphatic carbocycles. The van der Waals surface area contributed by atoms with Crippen molar-refractivity contribution in [1.29, 1.82) is 0 Å². The summed E-state index contributed by atoms with van der Waals surface area (Å²) in [6, 6.07) is -0.478. The molecule has 0 radical (unpaired) electrons. The number of amides is 3. The van der Waals surface area contributed by atoms with E-state index in [-0.39, 0.29) is 18.0 Å². The van der Waals surface area contributed by atoms with Crippen LogP contribution < -0.4 is 16.4 Å². The zero-order chi connectivity index (χ0) is 16.2. The lowest BCUT2D eigenvalue weighted by Crippen LogP contribution is -2.45. The minimum Gasteiger partial charge on any atom is -0.477 e. The largest absolute Gasteiger partial charge is 0.477 e. The summed E-state index contributed by atoms with van der Waals surface area (Å²) in [7, 11) is 0. The minimum absolute atomic E-state index is 0.103. The Kier molecular flexibility index (Phi) is 5.25. The summed E-state index contributed by atoms with van der Waals surface area (Å²) >= 11 is 1.01. The molecule has 0 unspecified atom stereocenters. The Morgan fingerprint density at radius 3 is 2.43 bits per heavy atom. The number of nitrogens with zero attached hydrogens (tertiary/aromatic N) is 1. The highest BCUT2D eigenvalue weighted by molar-refractivity contribution is 7.13. The van der Waals surface area contributed by atoms with E-state index in [4.69, 9.17) is 10.8 Å². The van der Waals surface area contributed by atoms with Gasteiger partial charge in [0.1, 0.15) is 9.88 Å². The molecule has 0 aliphatic rings. The molecule has 0 aliphatic heterocycles. The van der Waals surface area contributed by atoms with Crippen molar-refractivity contribution in [3.05, 3.63) is 15.6 Å². The number of carbonyl (C=O) groups is 3. The summed E-state index contributed by atoms with van der Waals surface area (Å²) in [4.78, 5) is 37.8. The van der Waals surface area contributed by atoms with Crippen LogP contribution in [0, 0.1) is 12.3 Å². The van der Waals surface area contributed by atoms with Crippen LogP contribution in [0.25, 0.3) is 0 Å². The quantitative estimate of drug-likeness (QED) is 0.605. The predicted molar refractivity (Wildman–Crippen MR) is 77.0 cm³/mol. The molecule has 0 saturated carbocycles. The molecule has 0 spiro atoms. The molecular weight excluding hydrogens is 296 g/mol. The molecule has 0 bridgehead atoms. The number of urea groups is 1. The Morgan fingerprint density at radius 2 is 1.95 bits per heavy atom. The van der Waals surface area contributed by atoms with Gasteiger partial charge in [0.15, 0.2) is 0 Å². The van der Waals surface area contributed by atoms with Crippen molar-refractivity contribution in [1.82, 2.24) is 15.6 Å². The Morgan fingerprint density at radius 1 is 1.33 bits per heavy atom. The van der Waals surface area contributed by atoms with Crippen molar-refractivity contribution in [2.24, 2.45) is 11.1 Å². The molecule has 5 N–H and O–H groups in total. The van der Waals surface area contributed by atoms with Crippen molar-refractivity contribution in [3.8, 4) is 0 Å². The first-order valence-corrected chi connectivity index (χ1v) is 6.96. The number of nitrogens with two attached hydrogens (primary N) is 1. The molecule has 9 heteroatoms. The number of hydrogen-bond acceptors (Lipinski definition) is 5. The van der Waals surface area contributed by atoms with Crippen molar-refractivity contribution in [2.75, 3.05) is 6.54 Å². The first kappa shape index (κ1) is 16.9. The molecule has 0 aromatic carbocycles. The van der Waals surface area contributed by atoms with Crippen molar-refractivity contribution >= 4 is 29.2 Å². The number of hydrogen-bond donors (Lipinski definition) is 4. The molecule has 0 saturated heterocycles. The van der Waals surface area contributed by atoms with Gasteiger partial charge in [0.05, 0.1) is 17.7 Å². The lowest BCUT2D eigenvalue weighted by Gasteiger charge is -2.20. The third-order valence-electron chi connectivity index (χ3n) is 2.79. The molecule has 0 atom stereocenters. The fraction of sp³-hybridized carbons (Fsp3) is 0.500. The predicted octanol–water partition coefficient (Wildman–Crippen LogP) is 0.460. The van der Waals surface area contributed by atoms with Gasteiger partial charge in [-0.05, 0) is 20.8 Å². The Bertz CT molecular complexity index is 568. The maximum atomic E-state index is 11.6. The summed E-state index contributed by atoms with van der Waals surface area (Å²) < 4.78 is 0. The standard InChI is InChI=1S/C12H18N4O4S/c1-6-8(9(17)18)21-7(16-6)4-14-11(20)15-5-12(2,3)10(13)19/h4-5H2,1-3H3,(H2,13,19)(H,17,18)(H2,14,15,20). The number of aromatic carboxylic acids is 1. The fourth-order valence-corrected chi connectivity index (χ4v) is 2.18. The van der Waals surface area contributed by atoms with Gasteiger partial charge in [-0.25, -0.2) is 14.6 Å². The van der Waals surface area contributed by atoms with Crippen LogP contribution in [-0.2, 0) is 11.3 Å². The second-order valence-electron chi connectivity index (χ2n) is 5.11. The molecular formula is C12H18N4O4S. The van der Waals surface area contributed by atoms with Gasteiger partial charge in [-0.2, -0.15) is 0 Å². The van der Waals surface area contributed by atoms with Crippen LogP contribution in [0.3, 0.4) is 0 Å². The number of carboxylic acid groups (broad SMARTS) is 1. The van der Waals surface area contributed by atoms with Gasteiger partial charge in [0, 0.05) is 6.54 Å². The van der Waals surface area contributed by atoms with E-state index in [1.54, 1.807) is 20.8 Å². The molecule has 1 aromatic rings. The lowest BCUT2D eigenvalue weighted by molar-refractivity contribution is -0.125. The highest BCUT2D eigenvalue weighted by Crippen LogP contribution is 2.17. The molecule has 1 heterocycles. The summed E-state index contributed by atoms with van der Waals surface area (Å²) in [6.07, 6.45) is 0. The smallest absolute Gasteiger partial charge is 0.347 e. The first-order chi connectivity index (χ1) is 9.63. The number of aromatic nitrogens is 1. The number of carbonyl (C=O) groups excluding carboxylic acids is 2. The second kappa shape index (κ2) is 6.53. The number of primary amides is 1. The molecule has 21 heavy (non-hydrogen) atoms. The molecule has 1 rings (SSSR count). The Labute approximate surface area is 125 Å². The number of aryl methyl sites for hydroxylation is 1. The van der Waals surface area contributed by atoms with Crippen LogP contribution in [0.5, 0.6) is 0 Å². The highest BCUT2D eigenvalue weighted by atomic mass is 32.1. The Balaban J connectivity index is 2.49. The van der Waals surface area contributed by atoms with E-state index >= 15 is 0 Å². The van der Waals surface area contributed by atoms with E-state index in [1.807, 2.05) is 0 Å². The number of nitrogens with one attached hydrogen (secondary N) is 2. The van der Waals surface area contributed by atoms with Gasteiger partial charge in [0.2, 0.25) is 5.91 Å². The Hall–Kier alpha value is -2.16. The van der Waals surface area contributed by atoms with E-state index < -0.39 is 23.3 Å². The van der Waals surface area contributed by atoms with Crippen LogP contribution in [0.2, 0.25) is 0 Å². The molecule has 3 amide bonds. The highest BCUT2D eigenvalue weighted by Gasteiger charge is 2.25. The van der Waals surface area contributed by atoms with E-state index in [9.17, 15) is 14.4 Å². The zero-order valence-corrected chi connectivity index (χ0v) is 12.8. The fourth-order valence-electron chi connectivity index (χ4n) is 1.33. The van der Waals surface area contributed by atoms with Gasteiger partial charge in [-0.1, -0.05) is 0 Å². The third kappa shape index (κ3) is 4.71. The third-order valence-corrected chi connectivity index (χ3v) is 3.94. The lowest BCUT2D eigenvalue weighted by atomic mass is 9.93. The van der Waals surface area contributed by atoms with Crippen LogP contribution in [0.1, 0.15) is 34.2 Å². The summed E-state index contributed by atoms with van der Waals surface area (Å²) in [5.41, 5.74) is 4.77. The molecule has 116 valence electrons. The average molecular weight is 314 g/mol. The van der Waals surface area contributed by atoms with Crippen LogP contribution in [0.15, 0.2) is 0 Å². The average Bonchev–Trinajstić information content (AvgIpc) is 2.75. The number of carboxylic acids is 1. The van der Waals surface area contributed by atoms with Gasteiger partial charge >= 0.3 is 12.0 Å². The topological polar surface area (TPSA) is 134 Å². The van der Waals surface area contributed by atoms with E-state index in [0.717, 1.165) is 11.3 Å². The second-order valence-corrected chi connectivity index (χ2v) is 6.20. The van der Waals surface area contributed by atoms with Gasteiger partial charge in [-0.3, -0.25) is 4.79 Å². The minimum atomic E-state index is -1.04. The monoisotopic (exact) mass is 314 g/mol. The summed E-state index contributed by atoms with van der Waals surface area (Å²) in [5, 5.41) is 14.5. The summed E-state index contributed by atoms with van der Waals surface area (Å²) in [5.74, 6) is -1.55. The van der Waals surface area contributed by atoms with Gasteiger partial charge in [0.25, 0.3) is 0 Å². The van der Waals surface area contributed by atoms with Crippen molar-refractivity contribution in [2.45, 2.75) is 27.3 Å². The molecule has 0 fully saturated rings. The summed E-state index contributed by atoms with van der Waals surface area (Å²) in [6.45, 7) is 5.06. The maximum absolute atomic E-state index is 11.6. The van der Waals surface area contributed by atoms with Gasteiger partial charge in [-0.15, -0.1) is 11.3 Å². The van der Waals surface area contributed by atoms with E-state index in [2.05, 4.69) is 15.6 Å². The van der Waals surface area contributed by atoms with Gasteiger partial charge < -0.3 is 21.5 Å². The number of thiazole rings is 1. The molecule has 8 nitrogen and oxygen atoms in total. The van der Waals surface area contributed by atoms with E-state index in [0.29, 0.717) is 10.7 Å². The maximum Gasteiger partial charge on any atom is 0.347 e. The number of rotatable bonds is 6. The van der Waals surface area contributed by atoms with Crippen LogP contribution in [-0.4, -0.2) is 34.5 Å².